The Kier molecular flexibility index (Phi) is 4.85. The largest absolute Gasteiger partial charge is 0.361 e. The molecular weight excluding hydrogens is 340 g/mol. The third kappa shape index (κ3) is 3.55. The van der Waals surface area contributed by atoms with Crippen LogP contribution in [0.15, 0.2) is 24.3 Å². The van der Waals surface area contributed by atoms with Crippen molar-refractivity contribution < 1.29 is 4.79 Å². The first kappa shape index (κ1) is 17.9. The molecule has 2 aromatic rings. The van der Waals surface area contributed by atoms with Crippen molar-refractivity contribution >= 4 is 11.6 Å². The molecule has 1 fully saturated rings. The minimum absolute atomic E-state index is 0.110. The molecule has 3 atom stereocenters. The summed E-state index contributed by atoms with van der Waals surface area (Å²) in [5, 5.41) is 15.5. The number of hydrogen-bond acceptors (Lipinski definition) is 5. The van der Waals surface area contributed by atoms with Gasteiger partial charge in [-0.1, -0.05) is 25.1 Å². The van der Waals surface area contributed by atoms with Crippen LogP contribution in [0.5, 0.6) is 0 Å². The van der Waals surface area contributed by atoms with Crippen LogP contribution in [-0.4, -0.2) is 38.2 Å². The molecule has 7 nitrogen and oxygen atoms in total. The van der Waals surface area contributed by atoms with Crippen LogP contribution < -0.4 is 10.2 Å². The van der Waals surface area contributed by atoms with Crippen LogP contribution in [0.2, 0.25) is 0 Å². The summed E-state index contributed by atoms with van der Waals surface area (Å²) in [6.45, 7) is 7.00. The lowest BCUT2D eigenvalue weighted by molar-refractivity contribution is -0.123. The Morgan fingerprint density at radius 1 is 1.33 bits per heavy atom. The van der Waals surface area contributed by atoms with Crippen molar-refractivity contribution in [1.29, 1.82) is 0 Å². The maximum absolute atomic E-state index is 12.9. The van der Waals surface area contributed by atoms with E-state index >= 15 is 0 Å². The number of carbonyl (C=O) groups is 1. The molecule has 27 heavy (non-hydrogen) atoms. The molecule has 4 rings (SSSR count). The number of carbonyl (C=O) groups excluding carboxylic acids is 1. The minimum Gasteiger partial charge on any atom is -0.361 e. The van der Waals surface area contributed by atoms with Crippen molar-refractivity contribution in [2.24, 2.45) is 0 Å². The third-order valence-electron chi connectivity index (χ3n) is 5.81. The molecule has 1 amide bonds. The molecule has 1 aliphatic heterocycles. The summed E-state index contributed by atoms with van der Waals surface area (Å²) < 4.78 is 1.97. The molecule has 0 unspecified atom stereocenters. The van der Waals surface area contributed by atoms with Gasteiger partial charge in [-0.05, 0) is 61.6 Å². The van der Waals surface area contributed by atoms with E-state index in [1.807, 2.05) is 16.8 Å². The van der Waals surface area contributed by atoms with Crippen LogP contribution in [0.25, 0.3) is 0 Å². The van der Waals surface area contributed by atoms with Crippen LogP contribution in [0.1, 0.15) is 69.8 Å². The molecule has 1 aromatic heterocycles. The second-order valence-corrected chi connectivity index (χ2v) is 7.91. The van der Waals surface area contributed by atoms with E-state index in [2.05, 4.69) is 58.6 Å². The number of tetrazole rings is 1. The molecule has 0 spiro atoms. The summed E-state index contributed by atoms with van der Waals surface area (Å²) in [6.07, 6.45) is 4.04. The predicted molar refractivity (Wildman–Crippen MR) is 103 cm³/mol. The van der Waals surface area contributed by atoms with E-state index in [1.165, 1.54) is 0 Å². The van der Waals surface area contributed by atoms with Crippen molar-refractivity contribution in [2.45, 2.75) is 77.0 Å². The van der Waals surface area contributed by atoms with Crippen molar-refractivity contribution in [1.82, 2.24) is 25.5 Å². The number of fused-ring (bicyclic) bond motifs is 1. The smallest absolute Gasteiger partial charge is 0.227 e. The molecule has 1 aliphatic carbocycles. The number of amides is 1. The zero-order chi connectivity index (χ0) is 19.0. The van der Waals surface area contributed by atoms with E-state index in [-0.39, 0.29) is 23.9 Å². The Bertz CT molecular complexity index is 814. The molecule has 1 aromatic carbocycles. The number of para-hydroxylation sites is 1. The second kappa shape index (κ2) is 7.29. The van der Waals surface area contributed by atoms with Gasteiger partial charge in [0.25, 0.3) is 0 Å². The molecule has 1 N–H and O–H groups in total. The van der Waals surface area contributed by atoms with E-state index < -0.39 is 0 Å². The van der Waals surface area contributed by atoms with Crippen LogP contribution >= 0.6 is 0 Å². The van der Waals surface area contributed by atoms with Gasteiger partial charge in [0.1, 0.15) is 0 Å². The summed E-state index contributed by atoms with van der Waals surface area (Å²) in [6, 6.07) is 9.14. The molecule has 0 saturated heterocycles. The predicted octanol–water partition coefficient (Wildman–Crippen LogP) is 2.81. The zero-order valence-corrected chi connectivity index (χ0v) is 16.3. The van der Waals surface area contributed by atoms with E-state index in [4.69, 9.17) is 0 Å². The molecule has 0 bridgehead atoms. The van der Waals surface area contributed by atoms with Gasteiger partial charge in [0.05, 0.1) is 18.5 Å². The summed E-state index contributed by atoms with van der Waals surface area (Å²) in [4.78, 5) is 15.2. The van der Waals surface area contributed by atoms with E-state index in [9.17, 15) is 4.79 Å². The van der Waals surface area contributed by atoms with Gasteiger partial charge in [0.2, 0.25) is 5.91 Å². The molecule has 2 aliphatic rings. The van der Waals surface area contributed by atoms with Gasteiger partial charge >= 0.3 is 0 Å². The lowest BCUT2D eigenvalue weighted by Gasteiger charge is -2.40. The molecule has 144 valence electrons. The van der Waals surface area contributed by atoms with Gasteiger partial charge in [0.15, 0.2) is 5.82 Å². The number of nitrogens with one attached hydrogen (secondary N) is 1. The Hall–Kier alpha value is -2.44. The minimum atomic E-state index is -0.110. The quantitative estimate of drug-likeness (QED) is 0.848. The fourth-order valence-corrected chi connectivity index (χ4v) is 3.88. The van der Waals surface area contributed by atoms with Crippen LogP contribution in [0, 0.1) is 0 Å². The Morgan fingerprint density at radius 3 is 2.85 bits per heavy atom. The normalized spacial score (nSPS) is 23.0. The van der Waals surface area contributed by atoms with Crippen molar-refractivity contribution in [2.75, 3.05) is 4.90 Å². The monoisotopic (exact) mass is 368 g/mol. The topological polar surface area (TPSA) is 75.9 Å². The molecule has 0 radical (unpaired) electrons. The maximum Gasteiger partial charge on any atom is 0.227 e. The average molecular weight is 368 g/mol. The molecule has 2 heterocycles. The first-order valence-electron chi connectivity index (χ1n) is 10.0. The van der Waals surface area contributed by atoms with Gasteiger partial charge in [0, 0.05) is 17.8 Å². The molecule has 1 saturated carbocycles. The first-order valence-corrected chi connectivity index (χ1v) is 10.0. The second-order valence-electron chi connectivity index (χ2n) is 7.91. The average Bonchev–Trinajstić information content (AvgIpc) is 3.42. The van der Waals surface area contributed by atoms with E-state index in [0.29, 0.717) is 12.6 Å². The highest BCUT2D eigenvalue weighted by molar-refractivity contribution is 5.86. The van der Waals surface area contributed by atoms with Crippen LogP contribution in [0.3, 0.4) is 0 Å². The summed E-state index contributed by atoms with van der Waals surface area (Å²) in [5.41, 5.74) is 2.22. The van der Waals surface area contributed by atoms with Crippen LogP contribution in [-0.2, 0) is 11.3 Å². The number of nitrogens with zero attached hydrogens (tertiary/aromatic N) is 5. The zero-order valence-electron chi connectivity index (χ0n) is 16.3. The molecule has 7 heteroatoms. The number of aromatic nitrogens is 4. The Labute approximate surface area is 160 Å². The molecular formula is C20H28N6O. The van der Waals surface area contributed by atoms with E-state index in [0.717, 1.165) is 42.8 Å². The number of rotatable bonds is 6. The van der Waals surface area contributed by atoms with Crippen molar-refractivity contribution in [3.05, 3.63) is 35.7 Å². The third-order valence-corrected chi connectivity index (χ3v) is 5.81. The lowest BCUT2D eigenvalue weighted by atomic mass is 9.85. The Morgan fingerprint density at radius 2 is 2.11 bits per heavy atom. The highest BCUT2D eigenvalue weighted by Crippen LogP contribution is 2.40. The Balaban J connectivity index is 1.61. The standard InChI is InChI=1S/C20H28N6O/c1-4-13(2)21-20(27)17-11-14(3)25(18-8-6-5-7-16(17)18)12-19-22-23-24-26(19)15-9-10-15/h5-8,13-15,17H,4,9-12H2,1-3H3,(H,21,27)/t13-,14+,17+/m0/s1. The van der Waals surface area contributed by atoms with Crippen molar-refractivity contribution in [3.8, 4) is 0 Å². The number of benzene rings is 1. The van der Waals surface area contributed by atoms with E-state index in [1.54, 1.807) is 0 Å². The highest BCUT2D eigenvalue weighted by atomic mass is 16.1. The maximum atomic E-state index is 12.9. The van der Waals surface area contributed by atoms with Gasteiger partial charge in [-0.2, -0.15) is 0 Å². The summed E-state index contributed by atoms with van der Waals surface area (Å²) >= 11 is 0. The van der Waals surface area contributed by atoms with Crippen LogP contribution in [0.4, 0.5) is 5.69 Å². The van der Waals surface area contributed by atoms with Gasteiger partial charge in [-0.3, -0.25) is 4.79 Å². The van der Waals surface area contributed by atoms with Gasteiger partial charge < -0.3 is 10.2 Å². The lowest BCUT2D eigenvalue weighted by Crippen LogP contribution is -2.44. The summed E-state index contributed by atoms with van der Waals surface area (Å²) in [7, 11) is 0. The van der Waals surface area contributed by atoms with Crippen molar-refractivity contribution in [3.63, 3.8) is 0 Å². The van der Waals surface area contributed by atoms with Gasteiger partial charge in [-0.15, -0.1) is 5.10 Å². The highest BCUT2D eigenvalue weighted by Gasteiger charge is 2.36. The number of anilines is 1. The fraction of sp³-hybridized carbons (Fsp3) is 0.600. The SMILES string of the molecule is CC[C@H](C)NC(=O)[C@@H]1C[C@@H](C)N(Cc2nnnn2C2CC2)c2ccccc21. The van der Waals surface area contributed by atoms with Gasteiger partial charge in [-0.25, -0.2) is 4.68 Å². The fourth-order valence-electron chi connectivity index (χ4n) is 3.88. The number of hydrogen-bond donors (Lipinski definition) is 1. The first-order chi connectivity index (χ1) is 13.1. The summed E-state index contributed by atoms with van der Waals surface area (Å²) in [5.74, 6) is 0.925.